The number of amides is 2. The number of rotatable bonds is 5. The lowest BCUT2D eigenvalue weighted by Gasteiger charge is -2.13. The number of allylic oxidation sites excluding steroid dienone is 1. The van der Waals surface area contributed by atoms with Gasteiger partial charge in [-0.1, -0.05) is 17.7 Å². The van der Waals surface area contributed by atoms with Crippen molar-refractivity contribution in [2.24, 2.45) is 0 Å². The van der Waals surface area contributed by atoms with E-state index in [9.17, 15) is 18.0 Å². The molecule has 23 heavy (non-hydrogen) atoms. The largest absolute Gasteiger partial charge is 0.446 e. The molecule has 0 unspecified atom stereocenters. The molecular weight excluding hydrogens is 325 g/mol. The minimum absolute atomic E-state index is 0.0441. The van der Waals surface area contributed by atoms with E-state index in [1.165, 1.54) is 36.6 Å². The van der Waals surface area contributed by atoms with Crippen LogP contribution in [0.15, 0.2) is 40.8 Å². The normalized spacial score (nSPS) is 15.0. The number of carbonyl (C=O) groups excluding carboxylic acids is 1. The van der Waals surface area contributed by atoms with E-state index in [-0.39, 0.29) is 16.7 Å². The molecule has 2 amide bonds. The topological polar surface area (TPSA) is 41.1 Å². The van der Waals surface area contributed by atoms with Gasteiger partial charge in [-0.25, -0.2) is 4.79 Å². The molecule has 0 radical (unpaired) electrons. The van der Waals surface area contributed by atoms with Crippen LogP contribution in [0.4, 0.5) is 23.7 Å². The van der Waals surface area contributed by atoms with Crippen molar-refractivity contribution in [1.82, 2.24) is 5.32 Å². The zero-order valence-electron chi connectivity index (χ0n) is 12.6. The van der Waals surface area contributed by atoms with Crippen LogP contribution in [0.5, 0.6) is 0 Å². The minimum atomic E-state index is -4.34. The van der Waals surface area contributed by atoms with E-state index in [2.05, 4.69) is 16.7 Å². The second kappa shape index (κ2) is 8.29. The molecule has 0 atom stereocenters. The van der Waals surface area contributed by atoms with Crippen molar-refractivity contribution < 1.29 is 18.0 Å². The Morgan fingerprint density at radius 1 is 1.26 bits per heavy atom. The maximum absolute atomic E-state index is 12.3. The summed E-state index contributed by atoms with van der Waals surface area (Å²) in [5, 5.41) is 5.28. The number of halogens is 3. The number of urea groups is 1. The summed E-state index contributed by atoms with van der Waals surface area (Å²) < 4.78 is 37.0. The number of alkyl halides is 3. The predicted molar refractivity (Wildman–Crippen MR) is 86.5 cm³/mol. The molecule has 2 rings (SSSR count). The van der Waals surface area contributed by atoms with Crippen molar-refractivity contribution in [2.45, 2.75) is 42.5 Å². The SMILES string of the molecule is O=C(NCCC1=CCCCC1)Nc1cccc(SC(F)(F)F)c1. The van der Waals surface area contributed by atoms with Crippen molar-refractivity contribution in [3.05, 3.63) is 35.9 Å². The standard InChI is InChI=1S/C16H19F3N2OS/c17-16(18,19)23-14-8-4-7-13(11-14)21-15(22)20-10-9-12-5-2-1-3-6-12/h4-5,7-8,11H,1-3,6,9-10H2,(H2,20,21,22). The predicted octanol–water partition coefficient (Wildman–Crippen LogP) is 5.31. The number of nitrogens with one attached hydrogen (secondary N) is 2. The summed E-state index contributed by atoms with van der Waals surface area (Å²) in [6.07, 6.45) is 7.65. The van der Waals surface area contributed by atoms with Gasteiger partial charge in [0, 0.05) is 17.1 Å². The fourth-order valence-corrected chi connectivity index (χ4v) is 3.01. The summed E-state index contributed by atoms with van der Waals surface area (Å²) in [6, 6.07) is 5.30. The van der Waals surface area contributed by atoms with E-state index >= 15 is 0 Å². The molecule has 2 N–H and O–H groups in total. The Hall–Kier alpha value is -1.63. The zero-order chi connectivity index (χ0) is 16.7. The molecule has 0 aromatic heterocycles. The van der Waals surface area contributed by atoms with Gasteiger partial charge in [0.05, 0.1) is 0 Å². The van der Waals surface area contributed by atoms with Crippen molar-refractivity contribution in [3.8, 4) is 0 Å². The number of hydrogen-bond donors (Lipinski definition) is 2. The highest BCUT2D eigenvalue weighted by atomic mass is 32.2. The Balaban J connectivity index is 1.78. The third kappa shape index (κ3) is 6.99. The molecule has 0 aliphatic heterocycles. The third-order valence-electron chi connectivity index (χ3n) is 3.44. The van der Waals surface area contributed by atoms with Crippen LogP contribution in [-0.4, -0.2) is 18.1 Å². The average Bonchev–Trinajstić information content (AvgIpc) is 2.47. The number of thioether (sulfide) groups is 1. The van der Waals surface area contributed by atoms with Crippen LogP contribution in [0.2, 0.25) is 0 Å². The molecular formula is C16H19F3N2OS. The highest BCUT2D eigenvalue weighted by molar-refractivity contribution is 8.00. The number of anilines is 1. The lowest BCUT2D eigenvalue weighted by molar-refractivity contribution is -0.0328. The van der Waals surface area contributed by atoms with E-state index in [1.807, 2.05) is 0 Å². The second-order valence-corrected chi connectivity index (χ2v) is 6.45. The Kier molecular flexibility index (Phi) is 6.38. The van der Waals surface area contributed by atoms with Crippen molar-refractivity contribution in [3.63, 3.8) is 0 Å². The van der Waals surface area contributed by atoms with Crippen molar-refractivity contribution >= 4 is 23.5 Å². The first kappa shape index (κ1) is 17.7. The Morgan fingerprint density at radius 2 is 2.09 bits per heavy atom. The molecule has 3 nitrogen and oxygen atoms in total. The molecule has 0 bridgehead atoms. The number of carbonyl (C=O) groups is 1. The molecule has 1 aromatic carbocycles. The van der Waals surface area contributed by atoms with Crippen LogP contribution in [0.25, 0.3) is 0 Å². The van der Waals surface area contributed by atoms with Gasteiger partial charge >= 0.3 is 11.5 Å². The first-order valence-corrected chi connectivity index (χ1v) is 8.32. The molecule has 0 saturated carbocycles. The summed E-state index contributed by atoms with van der Waals surface area (Å²) in [5.41, 5.74) is -2.64. The molecule has 126 valence electrons. The maximum Gasteiger partial charge on any atom is 0.446 e. The number of benzene rings is 1. The van der Waals surface area contributed by atoms with Crippen LogP contribution in [-0.2, 0) is 0 Å². The Morgan fingerprint density at radius 3 is 2.78 bits per heavy atom. The Bertz CT molecular complexity index is 573. The van der Waals surface area contributed by atoms with Gasteiger partial charge in [0.2, 0.25) is 0 Å². The van der Waals surface area contributed by atoms with Gasteiger partial charge in [0.25, 0.3) is 0 Å². The van der Waals surface area contributed by atoms with Crippen LogP contribution in [0, 0.1) is 0 Å². The van der Waals surface area contributed by atoms with Gasteiger partial charge < -0.3 is 10.6 Å². The number of hydrogen-bond acceptors (Lipinski definition) is 2. The fourth-order valence-electron chi connectivity index (χ4n) is 2.41. The van der Waals surface area contributed by atoms with Crippen LogP contribution >= 0.6 is 11.8 Å². The van der Waals surface area contributed by atoms with Crippen molar-refractivity contribution in [2.75, 3.05) is 11.9 Å². The van der Waals surface area contributed by atoms with E-state index < -0.39 is 11.5 Å². The monoisotopic (exact) mass is 344 g/mol. The summed E-state index contributed by atoms with van der Waals surface area (Å²) in [7, 11) is 0. The van der Waals surface area contributed by atoms with Gasteiger partial charge in [-0.3, -0.25) is 0 Å². The average molecular weight is 344 g/mol. The van der Waals surface area contributed by atoms with E-state index in [0.29, 0.717) is 12.2 Å². The van der Waals surface area contributed by atoms with E-state index in [0.717, 1.165) is 19.3 Å². The molecule has 0 spiro atoms. The van der Waals surface area contributed by atoms with Gasteiger partial charge in [-0.05, 0) is 62.1 Å². The van der Waals surface area contributed by atoms with E-state index in [4.69, 9.17) is 0 Å². The molecule has 0 heterocycles. The van der Waals surface area contributed by atoms with Crippen LogP contribution in [0.3, 0.4) is 0 Å². The second-order valence-electron chi connectivity index (χ2n) is 5.31. The quantitative estimate of drug-likeness (QED) is 0.561. The molecule has 7 heteroatoms. The molecule has 0 saturated heterocycles. The van der Waals surface area contributed by atoms with Gasteiger partial charge in [0.15, 0.2) is 0 Å². The highest BCUT2D eigenvalue weighted by Gasteiger charge is 2.29. The molecule has 1 aromatic rings. The van der Waals surface area contributed by atoms with Crippen LogP contribution in [0.1, 0.15) is 32.1 Å². The zero-order valence-corrected chi connectivity index (χ0v) is 13.4. The minimum Gasteiger partial charge on any atom is -0.338 e. The summed E-state index contributed by atoms with van der Waals surface area (Å²) in [5.74, 6) is 0. The van der Waals surface area contributed by atoms with Crippen molar-refractivity contribution in [1.29, 1.82) is 0 Å². The summed E-state index contributed by atoms with van der Waals surface area (Å²) in [4.78, 5) is 11.8. The summed E-state index contributed by atoms with van der Waals surface area (Å²) in [6.45, 7) is 0.522. The van der Waals surface area contributed by atoms with Gasteiger partial charge in [0.1, 0.15) is 0 Å². The molecule has 1 aliphatic carbocycles. The lowest BCUT2D eigenvalue weighted by atomic mass is 9.97. The third-order valence-corrected chi connectivity index (χ3v) is 4.16. The van der Waals surface area contributed by atoms with E-state index in [1.54, 1.807) is 6.07 Å². The smallest absolute Gasteiger partial charge is 0.338 e. The van der Waals surface area contributed by atoms with Gasteiger partial charge in [-0.15, -0.1) is 0 Å². The highest BCUT2D eigenvalue weighted by Crippen LogP contribution is 2.37. The fraction of sp³-hybridized carbons (Fsp3) is 0.438. The molecule has 0 fully saturated rings. The summed E-state index contributed by atoms with van der Waals surface area (Å²) >= 11 is -0.201. The molecule has 1 aliphatic rings. The first-order valence-electron chi connectivity index (χ1n) is 7.51. The first-order chi connectivity index (χ1) is 10.9. The lowest BCUT2D eigenvalue weighted by Crippen LogP contribution is -2.29. The van der Waals surface area contributed by atoms with Crippen LogP contribution < -0.4 is 10.6 Å². The maximum atomic E-state index is 12.3. The van der Waals surface area contributed by atoms with Gasteiger partial charge in [-0.2, -0.15) is 13.2 Å². The Labute approximate surface area is 137 Å².